The van der Waals surface area contributed by atoms with Crippen molar-refractivity contribution in [3.8, 4) is 0 Å². The Kier molecular flexibility index (Phi) is 3.73. The van der Waals surface area contributed by atoms with E-state index in [0.717, 1.165) is 11.0 Å². The molecule has 0 radical (unpaired) electrons. The molecule has 1 aromatic rings. The Bertz CT molecular complexity index is 588. The smallest absolute Gasteiger partial charge is 0.310 e. The summed E-state index contributed by atoms with van der Waals surface area (Å²) in [6.07, 6.45) is 2.52. The Labute approximate surface area is 112 Å². The number of carboxylic acids is 1. The van der Waals surface area contributed by atoms with E-state index in [-0.39, 0.29) is 6.54 Å². The molecule has 0 bridgehead atoms. The summed E-state index contributed by atoms with van der Waals surface area (Å²) in [7, 11) is -3.60. The summed E-state index contributed by atoms with van der Waals surface area (Å²) in [5.74, 6) is -0.942. The number of hydrogen-bond donors (Lipinski definition) is 2. The van der Waals surface area contributed by atoms with E-state index in [1.807, 2.05) is 18.2 Å². The van der Waals surface area contributed by atoms with Gasteiger partial charge in [-0.3, -0.25) is 4.79 Å². The number of sulfonamides is 1. The van der Waals surface area contributed by atoms with Crippen LogP contribution in [-0.4, -0.2) is 26.0 Å². The van der Waals surface area contributed by atoms with E-state index in [1.54, 1.807) is 12.1 Å². The Hall–Kier alpha value is -1.66. The van der Waals surface area contributed by atoms with E-state index < -0.39 is 21.4 Å². The highest BCUT2D eigenvalue weighted by Gasteiger charge is 2.50. The molecule has 1 aliphatic carbocycles. The normalized spacial score (nSPS) is 17.5. The summed E-state index contributed by atoms with van der Waals surface area (Å²) >= 11 is 0. The molecule has 0 spiro atoms. The van der Waals surface area contributed by atoms with Gasteiger partial charge in [-0.05, 0) is 24.5 Å². The molecule has 2 rings (SSSR count). The zero-order valence-corrected chi connectivity index (χ0v) is 11.1. The molecular formula is C13H15NO4S. The van der Waals surface area contributed by atoms with Gasteiger partial charge in [-0.1, -0.05) is 30.3 Å². The molecule has 0 unspecified atom stereocenters. The van der Waals surface area contributed by atoms with Crippen LogP contribution in [0.15, 0.2) is 35.7 Å². The number of carbonyl (C=O) groups is 1. The number of aliphatic carboxylic acids is 1. The topological polar surface area (TPSA) is 83.5 Å². The van der Waals surface area contributed by atoms with Crippen molar-refractivity contribution in [3.63, 3.8) is 0 Å². The summed E-state index contributed by atoms with van der Waals surface area (Å²) < 4.78 is 25.7. The Morgan fingerprint density at radius 2 is 1.95 bits per heavy atom. The van der Waals surface area contributed by atoms with Crippen LogP contribution in [0.25, 0.3) is 6.08 Å². The summed E-state index contributed by atoms with van der Waals surface area (Å²) in [5, 5.41) is 10.0. The second-order valence-corrected chi connectivity index (χ2v) is 6.32. The molecule has 0 saturated heterocycles. The minimum Gasteiger partial charge on any atom is -0.481 e. The van der Waals surface area contributed by atoms with Crippen molar-refractivity contribution in [2.45, 2.75) is 12.8 Å². The zero-order chi connectivity index (χ0) is 13.9. The van der Waals surface area contributed by atoms with Gasteiger partial charge in [0.1, 0.15) is 0 Å². The molecular weight excluding hydrogens is 266 g/mol. The number of benzene rings is 1. The van der Waals surface area contributed by atoms with E-state index in [4.69, 9.17) is 5.11 Å². The molecule has 1 aromatic carbocycles. The number of carboxylic acid groups (broad SMARTS) is 1. The second-order valence-electron chi connectivity index (χ2n) is 4.67. The lowest BCUT2D eigenvalue weighted by Gasteiger charge is -2.09. The monoisotopic (exact) mass is 281 g/mol. The predicted molar refractivity (Wildman–Crippen MR) is 71.7 cm³/mol. The van der Waals surface area contributed by atoms with Gasteiger partial charge in [0.05, 0.1) is 5.41 Å². The van der Waals surface area contributed by atoms with Gasteiger partial charge in [0.25, 0.3) is 0 Å². The first-order valence-corrected chi connectivity index (χ1v) is 7.44. The van der Waals surface area contributed by atoms with Gasteiger partial charge in [0, 0.05) is 12.0 Å². The van der Waals surface area contributed by atoms with Crippen LogP contribution in [-0.2, 0) is 14.8 Å². The van der Waals surface area contributed by atoms with Gasteiger partial charge in [-0.25, -0.2) is 13.1 Å². The molecule has 1 saturated carbocycles. The highest BCUT2D eigenvalue weighted by molar-refractivity contribution is 7.92. The summed E-state index contributed by atoms with van der Waals surface area (Å²) in [5.41, 5.74) is -0.125. The van der Waals surface area contributed by atoms with Gasteiger partial charge < -0.3 is 5.11 Å². The van der Waals surface area contributed by atoms with Crippen molar-refractivity contribution in [3.05, 3.63) is 41.3 Å². The average Bonchev–Trinajstić information content (AvgIpc) is 3.17. The largest absolute Gasteiger partial charge is 0.481 e. The maximum absolute atomic E-state index is 11.7. The standard InChI is InChI=1S/C13H15NO4S/c15-12(16)13(7-8-13)10-14-19(17,18)9-6-11-4-2-1-3-5-11/h1-6,9,14H,7-8,10H2,(H,15,16)/b9-6+. The molecule has 2 N–H and O–H groups in total. The highest BCUT2D eigenvalue weighted by atomic mass is 32.2. The highest BCUT2D eigenvalue weighted by Crippen LogP contribution is 2.45. The minimum atomic E-state index is -3.60. The van der Waals surface area contributed by atoms with Crippen molar-refractivity contribution in [1.29, 1.82) is 0 Å². The lowest BCUT2D eigenvalue weighted by Crippen LogP contribution is -2.33. The molecule has 0 aliphatic heterocycles. The number of rotatable bonds is 6. The SMILES string of the molecule is O=C(O)C1(CNS(=O)(=O)/C=C/c2ccccc2)CC1. The van der Waals surface area contributed by atoms with Gasteiger partial charge in [-0.2, -0.15) is 0 Å². The Morgan fingerprint density at radius 1 is 1.32 bits per heavy atom. The van der Waals surface area contributed by atoms with E-state index >= 15 is 0 Å². The molecule has 0 heterocycles. The van der Waals surface area contributed by atoms with Crippen molar-refractivity contribution in [2.24, 2.45) is 5.41 Å². The van der Waals surface area contributed by atoms with Crippen LogP contribution in [0.1, 0.15) is 18.4 Å². The maximum atomic E-state index is 11.7. The van der Waals surface area contributed by atoms with Crippen LogP contribution in [0, 0.1) is 5.41 Å². The zero-order valence-electron chi connectivity index (χ0n) is 10.2. The van der Waals surface area contributed by atoms with E-state index in [0.29, 0.717) is 12.8 Å². The quantitative estimate of drug-likeness (QED) is 0.826. The third-order valence-electron chi connectivity index (χ3n) is 3.16. The van der Waals surface area contributed by atoms with Gasteiger partial charge in [-0.15, -0.1) is 0 Å². The molecule has 5 nitrogen and oxygen atoms in total. The first-order valence-electron chi connectivity index (χ1n) is 5.90. The molecule has 19 heavy (non-hydrogen) atoms. The van der Waals surface area contributed by atoms with E-state index in [1.165, 1.54) is 6.08 Å². The van der Waals surface area contributed by atoms with Gasteiger partial charge >= 0.3 is 5.97 Å². The fourth-order valence-corrected chi connectivity index (χ4v) is 2.55. The van der Waals surface area contributed by atoms with Gasteiger partial charge in [0.15, 0.2) is 0 Å². The minimum absolute atomic E-state index is 0.0518. The predicted octanol–water partition coefficient (Wildman–Crippen LogP) is 1.44. The molecule has 0 amide bonds. The second kappa shape index (κ2) is 5.14. The maximum Gasteiger partial charge on any atom is 0.310 e. The summed E-state index contributed by atoms with van der Waals surface area (Å²) in [6, 6.07) is 9.03. The Morgan fingerprint density at radius 3 is 2.47 bits per heavy atom. The average molecular weight is 281 g/mol. The summed E-state index contributed by atoms with van der Waals surface area (Å²) in [4.78, 5) is 10.9. The van der Waals surface area contributed by atoms with Crippen LogP contribution < -0.4 is 4.72 Å². The van der Waals surface area contributed by atoms with E-state index in [2.05, 4.69) is 4.72 Å². The van der Waals surface area contributed by atoms with Crippen LogP contribution >= 0.6 is 0 Å². The van der Waals surface area contributed by atoms with Crippen molar-refractivity contribution in [2.75, 3.05) is 6.54 Å². The third kappa shape index (κ3) is 3.65. The first kappa shape index (κ1) is 13.8. The number of hydrogen-bond acceptors (Lipinski definition) is 3. The molecule has 1 fully saturated rings. The van der Waals surface area contributed by atoms with Crippen LogP contribution in [0.5, 0.6) is 0 Å². The first-order chi connectivity index (χ1) is 8.94. The Balaban J connectivity index is 1.96. The van der Waals surface area contributed by atoms with Crippen LogP contribution in [0.2, 0.25) is 0 Å². The van der Waals surface area contributed by atoms with Crippen molar-refractivity contribution < 1.29 is 18.3 Å². The lowest BCUT2D eigenvalue weighted by molar-refractivity contribution is -0.142. The van der Waals surface area contributed by atoms with Gasteiger partial charge in [0.2, 0.25) is 10.0 Å². The fraction of sp³-hybridized carbons (Fsp3) is 0.308. The molecule has 0 atom stereocenters. The van der Waals surface area contributed by atoms with Crippen LogP contribution in [0.3, 0.4) is 0 Å². The molecule has 102 valence electrons. The number of nitrogens with one attached hydrogen (secondary N) is 1. The van der Waals surface area contributed by atoms with Crippen molar-refractivity contribution in [1.82, 2.24) is 4.72 Å². The third-order valence-corrected chi connectivity index (χ3v) is 4.20. The molecule has 1 aliphatic rings. The molecule has 0 aromatic heterocycles. The molecule has 6 heteroatoms. The summed E-state index contributed by atoms with van der Waals surface area (Å²) in [6.45, 7) is -0.0518. The van der Waals surface area contributed by atoms with Crippen LogP contribution in [0.4, 0.5) is 0 Å². The lowest BCUT2D eigenvalue weighted by atomic mass is 10.1. The van der Waals surface area contributed by atoms with E-state index in [9.17, 15) is 13.2 Å². The fourth-order valence-electron chi connectivity index (χ4n) is 1.64. The van der Waals surface area contributed by atoms with Crippen molar-refractivity contribution >= 4 is 22.1 Å².